The lowest BCUT2D eigenvalue weighted by atomic mass is 10.0. The van der Waals surface area contributed by atoms with Gasteiger partial charge in [0.1, 0.15) is 11.5 Å². The van der Waals surface area contributed by atoms with Crippen LogP contribution in [0.4, 0.5) is 0 Å². The molecule has 0 aliphatic carbocycles. The Morgan fingerprint density at radius 1 is 1.44 bits per heavy atom. The lowest BCUT2D eigenvalue weighted by molar-refractivity contribution is 0.152. The minimum atomic E-state index is 0.352. The summed E-state index contributed by atoms with van der Waals surface area (Å²) in [5.74, 6) is 2.17. The average Bonchev–Trinajstić information content (AvgIpc) is 2.85. The molecule has 100 valence electrons. The maximum absolute atomic E-state index is 5.95. The van der Waals surface area contributed by atoms with Crippen molar-refractivity contribution < 1.29 is 4.42 Å². The fraction of sp³-hybridized carbons (Fsp3) is 0.600. The van der Waals surface area contributed by atoms with E-state index >= 15 is 0 Å². The minimum Gasteiger partial charge on any atom is -0.464 e. The Hall–Kier alpha value is -1.06. The van der Waals surface area contributed by atoms with Gasteiger partial charge in [-0.25, -0.2) is 0 Å². The van der Waals surface area contributed by atoms with Gasteiger partial charge in [-0.1, -0.05) is 12.5 Å². The van der Waals surface area contributed by atoms with Crippen molar-refractivity contribution >= 4 is 0 Å². The molecule has 0 aromatic carbocycles. The molecule has 18 heavy (non-hydrogen) atoms. The highest BCUT2D eigenvalue weighted by Crippen LogP contribution is 2.29. The molecule has 2 rings (SSSR count). The lowest BCUT2D eigenvalue weighted by Crippen LogP contribution is -2.45. The Balaban J connectivity index is 2.15. The number of piperazine rings is 1. The molecule has 0 amide bonds. The Kier molecular flexibility index (Phi) is 4.61. The van der Waals surface area contributed by atoms with Crippen molar-refractivity contribution in [1.82, 2.24) is 10.2 Å². The predicted molar refractivity (Wildman–Crippen MR) is 74.7 cm³/mol. The molecule has 1 N–H and O–H groups in total. The smallest absolute Gasteiger partial charge is 0.121 e. The quantitative estimate of drug-likeness (QED) is 0.812. The van der Waals surface area contributed by atoms with E-state index in [4.69, 9.17) is 4.42 Å². The summed E-state index contributed by atoms with van der Waals surface area (Å²) in [5.41, 5.74) is 1.22. The third-order valence-corrected chi connectivity index (χ3v) is 3.49. The second kappa shape index (κ2) is 6.21. The van der Waals surface area contributed by atoms with Gasteiger partial charge in [0.05, 0.1) is 6.04 Å². The van der Waals surface area contributed by atoms with Crippen LogP contribution in [-0.4, -0.2) is 31.1 Å². The summed E-state index contributed by atoms with van der Waals surface area (Å²) < 4.78 is 5.95. The highest BCUT2D eigenvalue weighted by molar-refractivity contribution is 5.13. The Morgan fingerprint density at radius 2 is 2.17 bits per heavy atom. The summed E-state index contributed by atoms with van der Waals surface area (Å²) in [4.78, 5) is 2.50. The summed E-state index contributed by atoms with van der Waals surface area (Å²) in [7, 11) is 0. The van der Waals surface area contributed by atoms with E-state index in [1.807, 2.05) is 0 Å². The lowest BCUT2D eigenvalue weighted by Gasteiger charge is -2.34. The summed E-state index contributed by atoms with van der Waals surface area (Å²) >= 11 is 0. The predicted octanol–water partition coefficient (Wildman–Crippen LogP) is 2.75. The first-order valence-electron chi connectivity index (χ1n) is 6.88. The molecule has 2 heterocycles. The second-order valence-electron chi connectivity index (χ2n) is 5.12. The number of hydrogen-bond acceptors (Lipinski definition) is 3. The van der Waals surface area contributed by atoms with Crippen LogP contribution in [0.2, 0.25) is 0 Å². The highest BCUT2D eigenvalue weighted by Gasteiger charge is 2.24. The van der Waals surface area contributed by atoms with Crippen LogP contribution in [0.25, 0.3) is 0 Å². The normalized spacial score (nSPS) is 18.8. The van der Waals surface area contributed by atoms with Crippen LogP contribution in [0.5, 0.6) is 0 Å². The van der Waals surface area contributed by atoms with Crippen LogP contribution >= 0.6 is 0 Å². The topological polar surface area (TPSA) is 28.4 Å². The minimum absolute atomic E-state index is 0.352. The van der Waals surface area contributed by atoms with Crippen LogP contribution in [-0.2, 0) is 6.42 Å². The fourth-order valence-electron chi connectivity index (χ4n) is 2.50. The SMILES string of the molecule is C=C(C)C[C@H](c1ccc(CC)o1)N1CCNCC1. The average molecular weight is 248 g/mol. The third kappa shape index (κ3) is 3.24. The van der Waals surface area contributed by atoms with Gasteiger partial charge in [-0.15, -0.1) is 6.58 Å². The molecule has 1 atom stereocenters. The van der Waals surface area contributed by atoms with Crippen molar-refractivity contribution in [3.05, 3.63) is 35.8 Å². The van der Waals surface area contributed by atoms with Crippen LogP contribution in [0, 0.1) is 0 Å². The van der Waals surface area contributed by atoms with Gasteiger partial charge >= 0.3 is 0 Å². The van der Waals surface area contributed by atoms with Gasteiger partial charge in [-0.05, 0) is 25.5 Å². The largest absolute Gasteiger partial charge is 0.464 e. The summed E-state index contributed by atoms with van der Waals surface area (Å²) in [6, 6.07) is 4.59. The van der Waals surface area contributed by atoms with E-state index in [-0.39, 0.29) is 0 Å². The molecule has 1 fully saturated rings. The molecule has 0 radical (unpaired) electrons. The highest BCUT2D eigenvalue weighted by atomic mass is 16.3. The molecular weight excluding hydrogens is 224 g/mol. The fourth-order valence-corrected chi connectivity index (χ4v) is 2.50. The molecule has 3 nitrogen and oxygen atoms in total. The van der Waals surface area contributed by atoms with Crippen molar-refractivity contribution in [1.29, 1.82) is 0 Å². The van der Waals surface area contributed by atoms with Crippen molar-refractivity contribution in [3.8, 4) is 0 Å². The molecule has 0 bridgehead atoms. The molecule has 1 aliphatic rings. The number of nitrogens with one attached hydrogen (secondary N) is 1. The molecule has 0 unspecified atom stereocenters. The third-order valence-electron chi connectivity index (χ3n) is 3.49. The van der Waals surface area contributed by atoms with E-state index in [0.717, 1.165) is 50.5 Å². The number of aryl methyl sites for hydroxylation is 1. The van der Waals surface area contributed by atoms with Crippen molar-refractivity contribution in [2.45, 2.75) is 32.7 Å². The van der Waals surface area contributed by atoms with Gasteiger partial charge in [-0.2, -0.15) is 0 Å². The van der Waals surface area contributed by atoms with E-state index < -0.39 is 0 Å². The molecular formula is C15H24N2O. The molecule has 1 saturated heterocycles. The molecule has 1 aliphatic heterocycles. The zero-order chi connectivity index (χ0) is 13.0. The second-order valence-corrected chi connectivity index (χ2v) is 5.12. The standard InChI is InChI=1S/C15H24N2O/c1-4-13-5-6-15(18-13)14(11-12(2)3)17-9-7-16-8-10-17/h5-6,14,16H,2,4,7-11H2,1,3H3/t14-/m1/s1. The number of furan rings is 1. The maximum atomic E-state index is 5.95. The first kappa shape index (κ1) is 13.4. The molecule has 0 spiro atoms. The Labute approximate surface area is 110 Å². The van der Waals surface area contributed by atoms with Gasteiger partial charge < -0.3 is 9.73 Å². The van der Waals surface area contributed by atoms with Crippen LogP contribution in [0.15, 0.2) is 28.7 Å². The van der Waals surface area contributed by atoms with Crippen LogP contribution in [0.1, 0.15) is 37.8 Å². The van der Waals surface area contributed by atoms with E-state index in [0.29, 0.717) is 6.04 Å². The van der Waals surface area contributed by atoms with Crippen molar-refractivity contribution in [2.24, 2.45) is 0 Å². The van der Waals surface area contributed by atoms with Gasteiger partial charge in [0.15, 0.2) is 0 Å². The van der Waals surface area contributed by atoms with Crippen LogP contribution in [0.3, 0.4) is 0 Å². The Morgan fingerprint density at radius 3 is 2.72 bits per heavy atom. The van der Waals surface area contributed by atoms with E-state index in [1.54, 1.807) is 0 Å². The van der Waals surface area contributed by atoms with Gasteiger partial charge in [-0.3, -0.25) is 4.90 Å². The van der Waals surface area contributed by atoms with Crippen LogP contribution < -0.4 is 5.32 Å². The molecule has 0 saturated carbocycles. The van der Waals surface area contributed by atoms with Gasteiger partial charge in [0.2, 0.25) is 0 Å². The number of nitrogens with zero attached hydrogens (tertiary/aromatic N) is 1. The van der Waals surface area contributed by atoms with Gasteiger partial charge in [0, 0.05) is 32.6 Å². The molecule has 1 aromatic heterocycles. The zero-order valence-electron chi connectivity index (χ0n) is 11.5. The zero-order valence-corrected chi connectivity index (χ0v) is 11.5. The number of hydrogen-bond donors (Lipinski definition) is 1. The Bertz CT molecular complexity index is 391. The van der Waals surface area contributed by atoms with E-state index in [2.05, 4.69) is 42.8 Å². The van der Waals surface area contributed by atoms with Crippen molar-refractivity contribution in [3.63, 3.8) is 0 Å². The molecule has 3 heteroatoms. The van der Waals surface area contributed by atoms with E-state index in [1.165, 1.54) is 5.57 Å². The summed E-state index contributed by atoms with van der Waals surface area (Å²) in [6.45, 7) is 12.6. The monoisotopic (exact) mass is 248 g/mol. The first-order chi connectivity index (χ1) is 8.70. The summed E-state index contributed by atoms with van der Waals surface area (Å²) in [5, 5.41) is 3.40. The van der Waals surface area contributed by atoms with E-state index in [9.17, 15) is 0 Å². The molecule has 1 aromatic rings. The summed E-state index contributed by atoms with van der Waals surface area (Å²) in [6.07, 6.45) is 1.94. The maximum Gasteiger partial charge on any atom is 0.121 e. The van der Waals surface area contributed by atoms with Crippen molar-refractivity contribution in [2.75, 3.05) is 26.2 Å². The van der Waals surface area contributed by atoms with Gasteiger partial charge in [0.25, 0.3) is 0 Å². The first-order valence-corrected chi connectivity index (χ1v) is 6.88. The number of rotatable bonds is 5.